The summed E-state index contributed by atoms with van der Waals surface area (Å²) in [5.74, 6) is 0. The fourth-order valence-corrected chi connectivity index (χ4v) is 2.75. The molecular formula is C16H27N3S. The Hall–Kier alpha value is -0.580. The molecule has 1 atom stereocenters. The van der Waals surface area contributed by atoms with Gasteiger partial charge in [0.1, 0.15) is 0 Å². The first-order valence-electron chi connectivity index (χ1n) is 7.46. The summed E-state index contributed by atoms with van der Waals surface area (Å²) in [6, 6.07) is 4.39. The third-order valence-electron chi connectivity index (χ3n) is 3.93. The highest BCUT2D eigenvalue weighted by atomic mass is 32.1. The summed E-state index contributed by atoms with van der Waals surface area (Å²) < 4.78 is 0. The van der Waals surface area contributed by atoms with Crippen LogP contribution in [0.4, 0.5) is 0 Å². The van der Waals surface area contributed by atoms with Crippen LogP contribution in [0.2, 0.25) is 0 Å². The number of thiol groups is 1. The molecule has 20 heavy (non-hydrogen) atoms. The van der Waals surface area contributed by atoms with E-state index in [4.69, 9.17) is 0 Å². The molecule has 0 amide bonds. The fourth-order valence-electron chi connectivity index (χ4n) is 2.51. The van der Waals surface area contributed by atoms with Crippen LogP contribution in [0.1, 0.15) is 39.0 Å². The maximum atomic E-state index is 4.61. The molecule has 0 saturated carbocycles. The van der Waals surface area contributed by atoms with Crippen molar-refractivity contribution in [2.75, 3.05) is 26.2 Å². The molecule has 1 aliphatic heterocycles. The van der Waals surface area contributed by atoms with Crippen LogP contribution in [0.3, 0.4) is 0 Å². The molecule has 0 N–H and O–H groups in total. The predicted octanol–water partition coefficient (Wildman–Crippen LogP) is 2.77. The van der Waals surface area contributed by atoms with Crippen LogP contribution in [-0.2, 0) is 12.0 Å². The van der Waals surface area contributed by atoms with E-state index in [1.807, 2.05) is 6.20 Å². The standard InChI is InChI=1S/C16H27N3S/c1-13(20)19-9-7-18(8-10-19)12-14-5-6-15(17-11-14)16(2,3)4/h5-6,11,13,20H,7-10,12H2,1-4H3. The largest absolute Gasteiger partial charge is 0.296 e. The fraction of sp³-hybridized carbons (Fsp3) is 0.688. The van der Waals surface area contributed by atoms with Gasteiger partial charge in [-0.15, -0.1) is 0 Å². The Balaban J connectivity index is 1.89. The number of hydrogen-bond acceptors (Lipinski definition) is 4. The van der Waals surface area contributed by atoms with Gasteiger partial charge < -0.3 is 0 Å². The van der Waals surface area contributed by atoms with Gasteiger partial charge in [-0.2, -0.15) is 12.6 Å². The minimum atomic E-state index is 0.132. The van der Waals surface area contributed by atoms with E-state index in [9.17, 15) is 0 Å². The first-order chi connectivity index (χ1) is 9.36. The quantitative estimate of drug-likeness (QED) is 0.865. The maximum Gasteiger partial charge on any atom is 0.0500 e. The lowest BCUT2D eigenvalue weighted by molar-refractivity contribution is 0.123. The van der Waals surface area contributed by atoms with Crippen molar-refractivity contribution < 1.29 is 0 Å². The third-order valence-corrected chi connectivity index (χ3v) is 4.26. The Morgan fingerprint density at radius 1 is 1.20 bits per heavy atom. The summed E-state index contributed by atoms with van der Waals surface area (Å²) in [7, 11) is 0. The number of aromatic nitrogens is 1. The zero-order valence-corrected chi connectivity index (χ0v) is 14.0. The zero-order valence-electron chi connectivity index (χ0n) is 13.1. The minimum Gasteiger partial charge on any atom is -0.296 e. The molecule has 3 nitrogen and oxygen atoms in total. The van der Waals surface area contributed by atoms with E-state index in [1.165, 1.54) is 5.56 Å². The molecule has 1 saturated heterocycles. The van der Waals surface area contributed by atoms with Crippen molar-refractivity contribution in [3.05, 3.63) is 29.6 Å². The number of hydrogen-bond donors (Lipinski definition) is 1. The van der Waals surface area contributed by atoms with Crippen molar-refractivity contribution >= 4 is 12.6 Å². The average Bonchev–Trinajstić information content (AvgIpc) is 2.39. The van der Waals surface area contributed by atoms with Crippen molar-refractivity contribution in [1.82, 2.24) is 14.8 Å². The molecule has 4 heteroatoms. The van der Waals surface area contributed by atoms with E-state index in [0.717, 1.165) is 38.4 Å². The van der Waals surface area contributed by atoms with Gasteiger partial charge in [0.2, 0.25) is 0 Å². The van der Waals surface area contributed by atoms with Crippen molar-refractivity contribution in [2.24, 2.45) is 0 Å². The molecule has 1 aromatic rings. The van der Waals surface area contributed by atoms with Crippen LogP contribution < -0.4 is 0 Å². The van der Waals surface area contributed by atoms with Crippen LogP contribution in [0, 0.1) is 0 Å². The average molecular weight is 293 g/mol. The van der Waals surface area contributed by atoms with E-state index in [0.29, 0.717) is 5.37 Å². The van der Waals surface area contributed by atoms with Crippen molar-refractivity contribution in [3.63, 3.8) is 0 Å². The number of piperazine rings is 1. The van der Waals surface area contributed by atoms with E-state index in [-0.39, 0.29) is 5.41 Å². The number of rotatable bonds is 3. The Labute approximate surface area is 128 Å². The third kappa shape index (κ3) is 4.21. The first kappa shape index (κ1) is 15.8. The minimum absolute atomic E-state index is 0.132. The summed E-state index contributed by atoms with van der Waals surface area (Å²) in [4.78, 5) is 9.53. The Bertz CT molecular complexity index is 414. The second-order valence-electron chi connectivity index (χ2n) is 6.75. The van der Waals surface area contributed by atoms with Gasteiger partial charge in [0.05, 0.1) is 0 Å². The smallest absolute Gasteiger partial charge is 0.0500 e. The molecule has 0 spiro atoms. The van der Waals surface area contributed by atoms with Crippen LogP contribution in [0.15, 0.2) is 18.3 Å². The Morgan fingerprint density at radius 2 is 1.85 bits per heavy atom. The molecule has 1 unspecified atom stereocenters. The predicted molar refractivity (Wildman–Crippen MR) is 88.2 cm³/mol. The van der Waals surface area contributed by atoms with Crippen LogP contribution in [-0.4, -0.2) is 46.3 Å². The normalized spacial score (nSPS) is 20.1. The van der Waals surface area contributed by atoms with Crippen molar-refractivity contribution in [3.8, 4) is 0 Å². The molecule has 0 aliphatic carbocycles. The maximum absolute atomic E-state index is 4.61. The number of nitrogens with zero attached hydrogens (tertiary/aromatic N) is 3. The van der Waals surface area contributed by atoms with Gasteiger partial charge in [-0.1, -0.05) is 26.8 Å². The van der Waals surface area contributed by atoms with E-state index < -0.39 is 0 Å². The van der Waals surface area contributed by atoms with Crippen LogP contribution >= 0.6 is 12.6 Å². The summed E-state index contributed by atoms with van der Waals surface area (Å²) in [6.07, 6.45) is 2.04. The molecule has 0 aromatic carbocycles. The lowest BCUT2D eigenvalue weighted by atomic mass is 9.91. The molecule has 2 rings (SSSR count). The summed E-state index contributed by atoms with van der Waals surface area (Å²) in [5.41, 5.74) is 2.60. The van der Waals surface area contributed by atoms with E-state index in [2.05, 4.69) is 67.2 Å². The van der Waals surface area contributed by atoms with Gasteiger partial charge in [0, 0.05) is 55.4 Å². The number of pyridine rings is 1. The summed E-state index contributed by atoms with van der Waals surface area (Å²) in [6.45, 7) is 14.2. The summed E-state index contributed by atoms with van der Waals surface area (Å²) >= 11 is 4.51. The molecular weight excluding hydrogens is 266 g/mol. The summed E-state index contributed by atoms with van der Waals surface area (Å²) in [5, 5.41) is 0.366. The molecule has 112 valence electrons. The van der Waals surface area contributed by atoms with E-state index >= 15 is 0 Å². The van der Waals surface area contributed by atoms with Crippen molar-refractivity contribution in [2.45, 2.75) is 45.0 Å². The molecule has 0 bridgehead atoms. The SMILES string of the molecule is CC(S)N1CCN(Cc2ccc(C(C)(C)C)nc2)CC1. The molecule has 1 fully saturated rings. The van der Waals surface area contributed by atoms with Gasteiger partial charge in [0.25, 0.3) is 0 Å². The second-order valence-corrected chi connectivity index (χ2v) is 7.49. The van der Waals surface area contributed by atoms with Crippen LogP contribution in [0.5, 0.6) is 0 Å². The van der Waals surface area contributed by atoms with Crippen LogP contribution in [0.25, 0.3) is 0 Å². The van der Waals surface area contributed by atoms with Gasteiger partial charge in [0.15, 0.2) is 0 Å². The van der Waals surface area contributed by atoms with Crippen molar-refractivity contribution in [1.29, 1.82) is 0 Å². The van der Waals surface area contributed by atoms with Gasteiger partial charge in [-0.25, -0.2) is 0 Å². The molecule has 1 aromatic heterocycles. The Morgan fingerprint density at radius 3 is 2.30 bits per heavy atom. The van der Waals surface area contributed by atoms with Gasteiger partial charge >= 0.3 is 0 Å². The highest BCUT2D eigenvalue weighted by Gasteiger charge is 2.19. The van der Waals surface area contributed by atoms with Gasteiger partial charge in [-0.3, -0.25) is 14.8 Å². The van der Waals surface area contributed by atoms with Gasteiger partial charge in [-0.05, 0) is 18.6 Å². The highest BCUT2D eigenvalue weighted by molar-refractivity contribution is 7.80. The molecule has 0 radical (unpaired) electrons. The second kappa shape index (κ2) is 6.46. The lowest BCUT2D eigenvalue weighted by Crippen LogP contribution is -2.47. The lowest BCUT2D eigenvalue weighted by Gasteiger charge is -2.36. The monoisotopic (exact) mass is 293 g/mol. The molecule has 1 aliphatic rings. The molecule has 2 heterocycles. The highest BCUT2D eigenvalue weighted by Crippen LogP contribution is 2.20. The Kier molecular flexibility index (Phi) is 5.10. The van der Waals surface area contributed by atoms with E-state index in [1.54, 1.807) is 0 Å². The first-order valence-corrected chi connectivity index (χ1v) is 7.98. The topological polar surface area (TPSA) is 19.4 Å². The zero-order chi connectivity index (χ0) is 14.8.